The predicted molar refractivity (Wildman–Crippen MR) is 98.2 cm³/mol. The molecule has 3 aromatic rings. The van der Waals surface area contributed by atoms with Gasteiger partial charge in [-0.2, -0.15) is 0 Å². The highest BCUT2D eigenvalue weighted by Crippen LogP contribution is 2.24. The van der Waals surface area contributed by atoms with Crippen molar-refractivity contribution in [2.45, 2.75) is 11.8 Å². The van der Waals surface area contributed by atoms with Gasteiger partial charge >= 0.3 is 0 Å². The summed E-state index contributed by atoms with van der Waals surface area (Å²) >= 11 is 0. The number of anilines is 1. The zero-order chi connectivity index (χ0) is 17.9. The number of benzene rings is 2. The van der Waals surface area contributed by atoms with Crippen molar-refractivity contribution in [1.29, 1.82) is 0 Å². The van der Waals surface area contributed by atoms with Crippen molar-refractivity contribution in [3.8, 4) is 17.0 Å². The van der Waals surface area contributed by atoms with E-state index in [4.69, 9.17) is 4.74 Å². The molecular weight excluding hydrogens is 336 g/mol. The molecule has 2 aromatic carbocycles. The van der Waals surface area contributed by atoms with Gasteiger partial charge in [0.05, 0.1) is 29.6 Å². The van der Waals surface area contributed by atoms with Gasteiger partial charge in [-0.25, -0.2) is 8.42 Å². The Hall–Kier alpha value is -2.86. The Morgan fingerprint density at radius 2 is 1.76 bits per heavy atom. The number of ether oxygens (including phenoxy) is 1. The van der Waals surface area contributed by atoms with E-state index in [2.05, 4.69) is 9.71 Å². The topological polar surface area (TPSA) is 68.3 Å². The molecular formula is C19H18N2O3S. The number of aryl methyl sites for hydroxylation is 1. The number of sulfonamides is 1. The zero-order valence-corrected chi connectivity index (χ0v) is 14.7. The maximum atomic E-state index is 12.6. The SMILES string of the molecule is COc1ccc(S(=O)(=O)Nc2ccc(-c3ccccc3)nc2)c(C)c1. The summed E-state index contributed by atoms with van der Waals surface area (Å²) in [6.07, 6.45) is 1.51. The van der Waals surface area contributed by atoms with Gasteiger partial charge in [-0.05, 0) is 42.8 Å². The van der Waals surface area contributed by atoms with Crippen LogP contribution >= 0.6 is 0 Å². The molecule has 1 N–H and O–H groups in total. The lowest BCUT2D eigenvalue weighted by molar-refractivity contribution is 0.414. The van der Waals surface area contributed by atoms with Crippen molar-refractivity contribution >= 4 is 15.7 Å². The van der Waals surface area contributed by atoms with Gasteiger partial charge in [0.2, 0.25) is 0 Å². The molecule has 0 aliphatic carbocycles. The lowest BCUT2D eigenvalue weighted by atomic mass is 10.1. The molecule has 0 fully saturated rings. The van der Waals surface area contributed by atoms with Crippen LogP contribution in [0.5, 0.6) is 5.75 Å². The Labute approximate surface area is 147 Å². The highest BCUT2D eigenvalue weighted by atomic mass is 32.2. The van der Waals surface area contributed by atoms with Crippen LogP contribution in [-0.4, -0.2) is 20.5 Å². The fourth-order valence-electron chi connectivity index (χ4n) is 2.49. The summed E-state index contributed by atoms with van der Waals surface area (Å²) in [7, 11) is -2.15. The van der Waals surface area contributed by atoms with E-state index >= 15 is 0 Å². The first-order valence-electron chi connectivity index (χ1n) is 7.68. The van der Waals surface area contributed by atoms with Crippen LogP contribution in [-0.2, 0) is 10.0 Å². The molecule has 25 heavy (non-hydrogen) atoms. The largest absolute Gasteiger partial charge is 0.497 e. The van der Waals surface area contributed by atoms with E-state index in [-0.39, 0.29) is 4.90 Å². The Balaban J connectivity index is 1.84. The monoisotopic (exact) mass is 354 g/mol. The third-order valence-electron chi connectivity index (χ3n) is 3.76. The molecule has 128 valence electrons. The molecule has 6 heteroatoms. The molecule has 0 atom stereocenters. The van der Waals surface area contributed by atoms with Gasteiger partial charge in [0.1, 0.15) is 5.75 Å². The summed E-state index contributed by atoms with van der Waals surface area (Å²) in [5.41, 5.74) is 2.78. The van der Waals surface area contributed by atoms with Crippen LogP contribution in [0.15, 0.2) is 71.8 Å². The Bertz CT molecular complexity index is 969. The van der Waals surface area contributed by atoms with E-state index in [0.29, 0.717) is 17.0 Å². The molecule has 0 saturated heterocycles. The van der Waals surface area contributed by atoms with Crippen molar-refractivity contribution in [3.05, 3.63) is 72.4 Å². The molecule has 1 aromatic heterocycles. The fourth-order valence-corrected chi connectivity index (χ4v) is 3.77. The quantitative estimate of drug-likeness (QED) is 0.755. The molecule has 0 aliphatic heterocycles. The number of nitrogens with one attached hydrogen (secondary N) is 1. The molecule has 3 rings (SSSR count). The number of pyridine rings is 1. The van der Waals surface area contributed by atoms with Crippen molar-refractivity contribution in [1.82, 2.24) is 4.98 Å². The second-order valence-corrected chi connectivity index (χ2v) is 7.19. The second-order valence-electron chi connectivity index (χ2n) is 5.54. The Kier molecular flexibility index (Phi) is 4.72. The number of methoxy groups -OCH3 is 1. The van der Waals surface area contributed by atoms with Crippen molar-refractivity contribution in [3.63, 3.8) is 0 Å². The third kappa shape index (κ3) is 3.80. The summed E-state index contributed by atoms with van der Waals surface area (Å²) in [6, 6.07) is 18.0. The summed E-state index contributed by atoms with van der Waals surface area (Å²) in [5, 5.41) is 0. The minimum Gasteiger partial charge on any atom is -0.497 e. The van der Waals surface area contributed by atoms with Gasteiger partial charge in [0, 0.05) is 5.56 Å². The molecule has 0 unspecified atom stereocenters. The average Bonchev–Trinajstić information content (AvgIpc) is 2.62. The van der Waals surface area contributed by atoms with E-state index in [1.165, 1.54) is 12.3 Å². The van der Waals surface area contributed by atoms with Gasteiger partial charge in [-0.1, -0.05) is 30.3 Å². The summed E-state index contributed by atoms with van der Waals surface area (Å²) in [5.74, 6) is 0.616. The number of rotatable bonds is 5. The van der Waals surface area contributed by atoms with Crippen molar-refractivity contribution in [2.75, 3.05) is 11.8 Å². The molecule has 5 nitrogen and oxygen atoms in total. The van der Waals surface area contributed by atoms with Crippen LogP contribution < -0.4 is 9.46 Å². The van der Waals surface area contributed by atoms with E-state index in [1.807, 2.05) is 30.3 Å². The van der Waals surface area contributed by atoms with Crippen molar-refractivity contribution < 1.29 is 13.2 Å². The standard InChI is InChI=1S/C19H18N2O3S/c1-14-12-17(24-2)9-11-19(14)25(22,23)21-16-8-10-18(20-13-16)15-6-4-3-5-7-15/h3-13,21H,1-2H3. The first kappa shape index (κ1) is 17.0. The predicted octanol–water partition coefficient (Wildman–Crippen LogP) is 3.87. The Morgan fingerprint density at radius 3 is 2.36 bits per heavy atom. The lowest BCUT2D eigenvalue weighted by Crippen LogP contribution is -2.14. The van der Waals surface area contributed by atoms with Gasteiger partial charge in [-0.3, -0.25) is 9.71 Å². The summed E-state index contributed by atoms with van der Waals surface area (Å²) < 4.78 is 32.9. The fraction of sp³-hybridized carbons (Fsp3) is 0.105. The van der Waals surface area contributed by atoms with Crippen LogP contribution in [0.4, 0.5) is 5.69 Å². The number of aromatic nitrogens is 1. The van der Waals surface area contributed by atoms with Crippen LogP contribution in [0.25, 0.3) is 11.3 Å². The van der Waals surface area contributed by atoms with Gasteiger partial charge in [0.25, 0.3) is 10.0 Å². The third-order valence-corrected chi connectivity index (χ3v) is 5.30. The maximum absolute atomic E-state index is 12.6. The summed E-state index contributed by atoms with van der Waals surface area (Å²) in [4.78, 5) is 4.54. The van der Waals surface area contributed by atoms with Crippen LogP contribution in [0.1, 0.15) is 5.56 Å². The molecule has 0 bridgehead atoms. The van der Waals surface area contributed by atoms with Crippen molar-refractivity contribution in [2.24, 2.45) is 0 Å². The lowest BCUT2D eigenvalue weighted by Gasteiger charge is -2.11. The van der Waals surface area contributed by atoms with E-state index in [9.17, 15) is 8.42 Å². The minimum atomic E-state index is -3.69. The Morgan fingerprint density at radius 1 is 1.00 bits per heavy atom. The minimum absolute atomic E-state index is 0.209. The first-order chi connectivity index (χ1) is 12.0. The second kappa shape index (κ2) is 6.94. The van der Waals surface area contributed by atoms with E-state index in [0.717, 1.165) is 11.3 Å². The van der Waals surface area contributed by atoms with E-state index in [1.54, 1.807) is 38.3 Å². The van der Waals surface area contributed by atoms with Gasteiger partial charge < -0.3 is 4.74 Å². The smallest absolute Gasteiger partial charge is 0.262 e. The number of hydrogen-bond acceptors (Lipinski definition) is 4. The van der Waals surface area contributed by atoms with Gasteiger partial charge in [-0.15, -0.1) is 0 Å². The molecule has 1 heterocycles. The molecule has 0 saturated carbocycles. The summed E-state index contributed by atoms with van der Waals surface area (Å²) in [6.45, 7) is 1.73. The first-order valence-corrected chi connectivity index (χ1v) is 9.17. The van der Waals surface area contributed by atoms with Crippen LogP contribution in [0, 0.1) is 6.92 Å². The highest BCUT2D eigenvalue weighted by molar-refractivity contribution is 7.92. The van der Waals surface area contributed by atoms with Crippen LogP contribution in [0.2, 0.25) is 0 Å². The van der Waals surface area contributed by atoms with Crippen LogP contribution in [0.3, 0.4) is 0 Å². The average molecular weight is 354 g/mol. The van der Waals surface area contributed by atoms with E-state index < -0.39 is 10.0 Å². The highest BCUT2D eigenvalue weighted by Gasteiger charge is 2.17. The molecule has 0 aliphatic rings. The maximum Gasteiger partial charge on any atom is 0.262 e. The number of hydrogen-bond donors (Lipinski definition) is 1. The normalized spacial score (nSPS) is 11.1. The zero-order valence-electron chi connectivity index (χ0n) is 13.9. The number of nitrogens with zero attached hydrogens (tertiary/aromatic N) is 1. The molecule has 0 spiro atoms. The molecule has 0 amide bonds. The molecule has 0 radical (unpaired) electrons. The van der Waals surface area contributed by atoms with Gasteiger partial charge in [0.15, 0.2) is 0 Å².